The molecule has 0 radical (unpaired) electrons. The second kappa shape index (κ2) is 4.75. The number of anilines is 1. The molecule has 1 aliphatic rings. The Morgan fingerprint density at radius 1 is 1.27 bits per heavy atom. The van der Waals surface area contributed by atoms with Gasteiger partial charge in [0, 0.05) is 36.0 Å². The topological polar surface area (TPSA) is 44.6 Å². The van der Waals surface area contributed by atoms with Crippen molar-refractivity contribution in [2.75, 3.05) is 11.9 Å². The first-order valence-corrected chi connectivity index (χ1v) is 5.09. The van der Waals surface area contributed by atoms with Crippen LogP contribution in [-0.2, 0) is 0 Å². The lowest BCUT2D eigenvalue weighted by molar-refractivity contribution is 0.288. The van der Waals surface area contributed by atoms with E-state index in [0.29, 0.717) is 0 Å². The number of hydrogen-bond acceptors (Lipinski definition) is 3. The van der Waals surface area contributed by atoms with E-state index in [0.717, 1.165) is 29.8 Å². The van der Waals surface area contributed by atoms with Crippen LogP contribution < -0.4 is 5.32 Å². The summed E-state index contributed by atoms with van der Waals surface area (Å²) in [6.07, 6.45) is 5.24. The van der Waals surface area contributed by atoms with E-state index in [1.54, 1.807) is 0 Å². The summed E-state index contributed by atoms with van der Waals surface area (Å²) in [6.45, 7) is 0.213. The molecular weight excluding hydrogens is 188 g/mol. The van der Waals surface area contributed by atoms with Crippen LogP contribution in [0.15, 0.2) is 41.2 Å². The summed E-state index contributed by atoms with van der Waals surface area (Å²) < 4.78 is 0. The molecule has 0 saturated carbocycles. The predicted molar refractivity (Wildman–Crippen MR) is 62.1 cm³/mol. The summed E-state index contributed by atoms with van der Waals surface area (Å²) >= 11 is 0. The molecule has 1 aromatic carbocycles. The Kier molecular flexibility index (Phi) is 3.15. The van der Waals surface area contributed by atoms with E-state index >= 15 is 0 Å². The Morgan fingerprint density at radius 2 is 2.13 bits per heavy atom. The van der Waals surface area contributed by atoms with Crippen molar-refractivity contribution in [3.8, 4) is 0 Å². The molecule has 1 heterocycles. The van der Waals surface area contributed by atoms with Crippen molar-refractivity contribution in [1.29, 1.82) is 0 Å². The Labute approximate surface area is 89.2 Å². The standard InChI is InChI=1S/C12H14N2O/c15-7-3-5-11-9-13-8-10-4-1-2-6-12(10)14-11/h1-2,4,6,8-9,14-15H,3,5,7H2. The van der Waals surface area contributed by atoms with E-state index in [2.05, 4.69) is 10.3 Å². The van der Waals surface area contributed by atoms with Gasteiger partial charge in [-0.05, 0) is 18.9 Å². The number of para-hydroxylation sites is 1. The molecule has 0 saturated heterocycles. The maximum atomic E-state index is 8.77. The number of aliphatic imine (C=N–C) groups is 1. The second-order valence-corrected chi connectivity index (χ2v) is 3.47. The highest BCUT2D eigenvalue weighted by atomic mass is 16.2. The molecule has 0 atom stereocenters. The van der Waals surface area contributed by atoms with Crippen molar-refractivity contribution in [3.05, 3.63) is 41.7 Å². The second-order valence-electron chi connectivity index (χ2n) is 3.47. The Balaban J connectivity index is 2.16. The average Bonchev–Trinajstić information content (AvgIpc) is 2.47. The molecule has 0 amide bonds. The van der Waals surface area contributed by atoms with Crippen molar-refractivity contribution in [2.24, 2.45) is 4.99 Å². The summed E-state index contributed by atoms with van der Waals surface area (Å²) in [7, 11) is 0. The van der Waals surface area contributed by atoms with Gasteiger partial charge in [0.1, 0.15) is 0 Å². The lowest BCUT2D eigenvalue weighted by atomic mass is 10.2. The first kappa shape index (κ1) is 9.93. The van der Waals surface area contributed by atoms with Crippen molar-refractivity contribution >= 4 is 11.9 Å². The highest BCUT2D eigenvalue weighted by molar-refractivity contribution is 5.89. The van der Waals surface area contributed by atoms with Crippen molar-refractivity contribution in [2.45, 2.75) is 12.8 Å². The first-order chi connectivity index (χ1) is 7.40. The molecule has 3 heteroatoms. The zero-order valence-corrected chi connectivity index (χ0v) is 8.48. The van der Waals surface area contributed by atoms with Gasteiger partial charge in [0.05, 0.1) is 0 Å². The first-order valence-electron chi connectivity index (χ1n) is 5.09. The van der Waals surface area contributed by atoms with Gasteiger partial charge >= 0.3 is 0 Å². The monoisotopic (exact) mass is 202 g/mol. The minimum absolute atomic E-state index is 0.213. The average molecular weight is 202 g/mol. The Hall–Kier alpha value is -1.61. The Morgan fingerprint density at radius 3 is 3.00 bits per heavy atom. The summed E-state index contributed by atoms with van der Waals surface area (Å²) in [5.41, 5.74) is 3.21. The Bertz CT molecular complexity index is 396. The highest BCUT2D eigenvalue weighted by Gasteiger charge is 2.04. The fourth-order valence-electron chi connectivity index (χ4n) is 1.53. The number of aliphatic hydroxyl groups is 1. The van der Waals surface area contributed by atoms with Gasteiger partial charge in [0.15, 0.2) is 0 Å². The molecule has 0 spiro atoms. The molecule has 1 aromatic rings. The van der Waals surface area contributed by atoms with Gasteiger partial charge in [-0.2, -0.15) is 0 Å². The molecule has 0 unspecified atom stereocenters. The van der Waals surface area contributed by atoms with Crippen molar-refractivity contribution in [1.82, 2.24) is 0 Å². The van der Waals surface area contributed by atoms with Crippen LogP contribution in [0.1, 0.15) is 18.4 Å². The predicted octanol–water partition coefficient (Wildman–Crippen LogP) is 2.14. The van der Waals surface area contributed by atoms with Crippen LogP contribution in [0.4, 0.5) is 5.69 Å². The SMILES string of the molecule is OCCCC1=CN=Cc2ccccc2N1. The molecule has 2 rings (SSSR count). The number of allylic oxidation sites excluding steroid dienone is 1. The fraction of sp³-hybridized carbons (Fsp3) is 0.250. The largest absolute Gasteiger partial charge is 0.396 e. The molecule has 3 nitrogen and oxygen atoms in total. The van der Waals surface area contributed by atoms with Gasteiger partial charge in [-0.1, -0.05) is 18.2 Å². The number of rotatable bonds is 3. The number of nitrogens with one attached hydrogen (secondary N) is 1. The van der Waals surface area contributed by atoms with Crippen molar-refractivity contribution < 1.29 is 5.11 Å². The minimum Gasteiger partial charge on any atom is -0.396 e. The molecule has 0 bridgehead atoms. The lowest BCUT2D eigenvalue weighted by Gasteiger charge is -2.09. The van der Waals surface area contributed by atoms with E-state index in [1.807, 2.05) is 36.7 Å². The zero-order valence-electron chi connectivity index (χ0n) is 8.48. The van der Waals surface area contributed by atoms with Gasteiger partial charge in [0.2, 0.25) is 0 Å². The van der Waals surface area contributed by atoms with Gasteiger partial charge in [0.25, 0.3) is 0 Å². The number of nitrogens with zero attached hydrogens (tertiary/aromatic N) is 1. The number of aliphatic hydroxyl groups excluding tert-OH is 1. The quantitative estimate of drug-likeness (QED) is 0.788. The number of fused-ring (bicyclic) bond motifs is 1. The van der Waals surface area contributed by atoms with E-state index < -0.39 is 0 Å². The molecule has 15 heavy (non-hydrogen) atoms. The van der Waals surface area contributed by atoms with Crippen LogP contribution in [0.5, 0.6) is 0 Å². The minimum atomic E-state index is 0.213. The van der Waals surface area contributed by atoms with Crippen molar-refractivity contribution in [3.63, 3.8) is 0 Å². The third kappa shape index (κ3) is 2.44. The molecule has 2 N–H and O–H groups in total. The third-order valence-electron chi connectivity index (χ3n) is 2.30. The normalized spacial score (nSPS) is 13.8. The molecule has 0 aliphatic carbocycles. The highest BCUT2D eigenvalue weighted by Crippen LogP contribution is 2.19. The molecule has 78 valence electrons. The van der Waals surface area contributed by atoms with Gasteiger partial charge < -0.3 is 10.4 Å². The number of benzene rings is 1. The summed E-state index contributed by atoms with van der Waals surface area (Å²) in [5.74, 6) is 0. The zero-order chi connectivity index (χ0) is 10.5. The number of hydrogen-bond donors (Lipinski definition) is 2. The maximum Gasteiger partial charge on any atom is 0.0471 e. The van der Waals surface area contributed by atoms with Crippen LogP contribution in [0.2, 0.25) is 0 Å². The lowest BCUT2D eigenvalue weighted by Crippen LogP contribution is -2.01. The third-order valence-corrected chi connectivity index (χ3v) is 2.30. The van der Waals surface area contributed by atoms with E-state index in [4.69, 9.17) is 5.11 Å². The van der Waals surface area contributed by atoms with Gasteiger partial charge in [-0.25, -0.2) is 0 Å². The van der Waals surface area contributed by atoms with Crippen LogP contribution in [0.3, 0.4) is 0 Å². The van der Waals surface area contributed by atoms with Crippen LogP contribution in [0, 0.1) is 0 Å². The molecular formula is C12H14N2O. The smallest absolute Gasteiger partial charge is 0.0471 e. The van der Waals surface area contributed by atoms with E-state index in [1.165, 1.54) is 0 Å². The maximum absolute atomic E-state index is 8.77. The van der Waals surface area contributed by atoms with Gasteiger partial charge in [-0.3, -0.25) is 4.99 Å². The van der Waals surface area contributed by atoms with Crippen LogP contribution in [0.25, 0.3) is 0 Å². The summed E-state index contributed by atoms with van der Waals surface area (Å²) in [5, 5.41) is 12.1. The van der Waals surface area contributed by atoms with Crippen LogP contribution >= 0.6 is 0 Å². The molecule has 0 fully saturated rings. The summed E-state index contributed by atoms with van der Waals surface area (Å²) in [6, 6.07) is 8.04. The van der Waals surface area contributed by atoms with E-state index in [9.17, 15) is 0 Å². The van der Waals surface area contributed by atoms with E-state index in [-0.39, 0.29) is 6.61 Å². The molecule has 0 aromatic heterocycles. The summed E-state index contributed by atoms with van der Waals surface area (Å²) in [4.78, 5) is 4.22. The van der Waals surface area contributed by atoms with Crippen LogP contribution in [-0.4, -0.2) is 17.9 Å². The fourth-order valence-corrected chi connectivity index (χ4v) is 1.53. The van der Waals surface area contributed by atoms with Gasteiger partial charge in [-0.15, -0.1) is 0 Å². The molecule has 1 aliphatic heterocycles.